The van der Waals surface area contributed by atoms with Gasteiger partial charge in [0.15, 0.2) is 11.5 Å². The van der Waals surface area contributed by atoms with Gasteiger partial charge < -0.3 is 19.1 Å². The molecule has 8 rings (SSSR count). The summed E-state index contributed by atoms with van der Waals surface area (Å²) in [6.45, 7) is 3.74. The van der Waals surface area contributed by atoms with Crippen LogP contribution in [0.2, 0.25) is 0 Å². The van der Waals surface area contributed by atoms with Gasteiger partial charge in [0.25, 0.3) is 0 Å². The van der Waals surface area contributed by atoms with Crippen LogP contribution in [0.25, 0.3) is 5.57 Å². The van der Waals surface area contributed by atoms with E-state index in [1.807, 2.05) is 59.6 Å². The molecular weight excluding hydrogens is 502 g/mol. The number of ether oxygens (including phenoxy) is 3. The highest BCUT2D eigenvalue weighted by molar-refractivity contribution is 6.13. The van der Waals surface area contributed by atoms with Gasteiger partial charge in [0, 0.05) is 40.7 Å². The van der Waals surface area contributed by atoms with Gasteiger partial charge in [-0.25, -0.2) is 0 Å². The maximum atomic E-state index is 14.7. The first-order chi connectivity index (χ1) is 19.6. The van der Waals surface area contributed by atoms with Crippen LogP contribution in [-0.4, -0.2) is 36.4 Å². The molecule has 0 bridgehead atoms. The van der Waals surface area contributed by atoms with Gasteiger partial charge in [0.2, 0.25) is 5.91 Å². The number of anilines is 1. The molecule has 0 N–H and O–H groups in total. The minimum atomic E-state index is -1.03. The van der Waals surface area contributed by atoms with Crippen LogP contribution in [0.1, 0.15) is 35.7 Å². The number of aromatic nitrogens is 1. The van der Waals surface area contributed by atoms with E-state index in [0.29, 0.717) is 37.0 Å². The fourth-order valence-electron chi connectivity index (χ4n) is 6.69. The number of carbonyl (C=O) groups excluding carboxylic acids is 1. The molecular formula is C33H27N3O4. The van der Waals surface area contributed by atoms with Crippen molar-refractivity contribution in [1.29, 1.82) is 0 Å². The quantitative estimate of drug-likeness (QED) is 0.455. The van der Waals surface area contributed by atoms with Crippen LogP contribution in [0.3, 0.4) is 0 Å². The zero-order valence-corrected chi connectivity index (χ0v) is 22.1. The summed E-state index contributed by atoms with van der Waals surface area (Å²) in [6, 6.07) is 15.8. The van der Waals surface area contributed by atoms with Crippen molar-refractivity contribution in [1.82, 2.24) is 4.98 Å². The second kappa shape index (κ2) is 8.42. The molecule has 1 aromatic heterocycles. The fourth-order valence-corrected chi connectivity index (χ4v) is 6.69. The number of hydrogen-bond acceptors (Lipinski definition) is 6. The van der Waals surface area contributed by atoms with Crippen LogP contribution in [0.15, 0.2) is 90.2 Å². The normalized spacial score (nSPS) is 25.2. The molecule has 5 aliphatic rings. The third kappa shape index (κ3) is 3.21. The van der Waals surface area contributed by atoms with Gasteiger partial charge in [-0.3, -0.25) is 14.8 Å². The van der Waals surface area contributed by atoms with E-state index < -0.39 is 5.41 Å². The monoisotopic (exact) mass is 529 g/mol. The van der Waals surface area contributed by atoms with Gasteiger partial charge in [-0.2, -0.15) is 0 Å². The molecule has 3 aromatic rings. The van der Waals surface area contributed by atoms with E-state index in [9.17, 15) is 4.79 Å². The summed E-state index contributed by atoms with van der Waals surface area (Å²) in [7, 11) is 0. The number of fused-ring (bicyclic) bond motifs is 6. The van der Waals surface area contributed by atoms with E-state index in [2.05, 4.69) is 36.2 Å². The van der Waals surface area contributed by atoms with Crippen molar-refractivity contribution >= 4 is 22.9 Å². The van der Waals surface area contributed by atoms with E-state index in [-0.39, 0.29) is 17.9 Å². The van der Waals surface area contributed by atoms with Crippen LogP contribution >= 0.6 is 0 Å². The first-order valence-electron chi connectivity index (χ1n) is 13.6. The summed E-state index contributed by atoms with van der Waals surface area (Å²) < 4.78 is 18.1. The average molecular weight is 530 g/mol. The van der Waals surface area contributed by atoms with Gasteiger partial charge in [0.1, 0.15) is 31.0 Å². The van der Waals surface area contributed by atoms with E-state index in [1.165, 1.54) is 0 Å². The van der Waals surface area contributed by atoms with Crippen LogP contribution < -0.4 is 19.1 Å². The number of allylic oxidation sites excluding steroid dienone is 5. The second-order valence-corrected chi connectivity index (χ2v) is 11.1. The molecule has 1 spiro atoms. The minimum Gasteiger partial charge on any atom is -0.491 e. The molecule has 1 amide bonds. The third-order valence-corrected chi connectivity index (χ3v) is 8.64. The summed E-state index contributed by atoms with van der Waals surface area (Å²) in [6.07, 6.45) is 12.9. The molecule has 0 saturated heterocycles. The standard InChI is InChI=1S/C33H27N3O4/c1-32-11-4-2-10-29(32)35-18-21(17-32)23-8-6-9-25-30(23)33(31(37)36(25)19-22-7-3-5-12-34-22)20-40-26-16-28-27(15-24(26)33)38-13-14-39-28/h2-12,15-16,18H,13-14,17,19-20H2,1H3. The Bertz CT molecular complexity index is 1710. The number of carbonyl (C=O) groups is 1. The number of hydrogen-bond donors (Lipinski definition) is 0. The highest BCUT2D eigenvalue weighted by Crippen LogP contribution is 2.57. The summed E-state index contributed by atoms with van der Waals surface area (Å²) in [5.41, 5.74) is 5.39. The van der Waals surface area contributed by atoms with Crippen molar-refractivity contribution in [2.75, 3.05) is 24.7 Å². The summed E-state index contributed by atoms with van der Waals surface area (Å²) in [5.74, 6) is 1.92. The molecule has 0 fully saturated rings. The smallest absolute Gasteiger partial charge is 0.246 e. The predicted octanol–water partition coefficient (Wildman–Crippen LogP) is 5.40. The highest BCUT2D eigenvalue weighted by Gasteiger charge is 2.58. The van der Waals surface area contributed by atoms with Crippen LogP contribution in [0, 0.1) is 5.41 Å². The lowest BCUT2D eigenvalue weighted by Crippen LogP contribution is -2.42. The highest BCUT2D eigenvalue weighted by atomic mass is 16.6. The number of pyridine rings is 1. The maximum Gasteiger partial charge on any atom is 0.246 e. The molecule has 40 heavy (non-hydrogen) atoms. The lowest BCUT2D eigenvalue weighted by molar-refractivity contribution is -0.122. The fraction of sp³-hybridized carbons (Fsp3) is 0.242. The van der Waals surface area contributed by atoms with Gasteiger partial charge in [-0.05, 0) is 47.9 Å². The number of amides is 1. The summed E-state index contributed by atoms with van der Waals surface area (Å²) >= 11 is 0. The zero-order valence-electron chi connectivity index (χ0n) is 22.1. The molecule has 4 aliphatic heterocycles. The van der Waals surface area contributed by atoms with Crippen molar-refractivity contribution in [3.63, 3.8) is 0 Å². The van der Waals surface area contributed by atoms with Gasteiger partial charge in [-0.1, -0.05) is 43.4 Å². The average Bonchev–Trinajstić information content (AvgIpc) is 3.47. The Labute approximate surface area is 232 Å². The summed E-state index contributed by atoms with van der Waals surface area (Å²) in [4.78, 5) is 26.0. The van der Waals surface area contributed by atoms with Crippen molar-refractivity contribution in [2.24, 2.45) is 10.4 Å². The molecule has 0 radical (unpaired) electrons. The third-order valence-electron chi connectivity index (χ3n) is 8.64. The van der Waals surface area contributed by atoms with Crippen LogP contribution in [-0.2, 0) is 16.8 Å². The molecule has 2 unspecified atom stereocenters. The van der Waals surface area contributed by atoms with Crippen molar-refractivity contribution in [3.05, 3.63) is 108 Å². The van der Waals surface area contributed by atoms with Crippen molar-refractivity contribution in [2.45, 2.75) is 25.3 Å². The molecule has 2 atom stereocenters. The molecule has 198 valence electrons. The first kappa shape index (κ1) is 23.3. The van der Waals surface area contributed by atoms with E-state index >= 15 is 0 Å². The van der Waals surface area contributed by atoms with Gasteiger partial charge >= 0.3 is 0 Å². The second-order valence-electron chi connectivity index (χ2n) is 11.1. The molecule has 0 saturated carbocycles. The van der Waals surface area contributed by atoms with Crippen LogP contribution in [0.5, 0.6) is 17.2 Å². The molecule has 7 heteroatoms. The van der Waals surface area contributed by atoms with E-state index in [1.54, 1.807) is 6.20 Å². The number of aliphatic imine (C=N–C) groups is 1. The Morgan fingerprint density at radius 2 is 1.85 bits per heavy atom. The van der Waals surface area contributed by atoms with Gasteiger partial charge in [0.05, 0.1) is 18.0 Å². The SMILES string of the molecule is CC12C=CC=CC1=NC=C(c1cccc3c1C1(COc4cc5c(cc41)OCCO5)C(=O)N3Cc1ccccn1)C2. The Morgan fingerprint density at radius 3 is 2.70 bits per heavy atom. The van der Waals surface area contributed by atoms with Crippen molar-refractivity contribution < 1.29 is 19.0 Å². The lowest BCUT2D eigenvalue weighted by atomic mass is 9.70. The molecule has 2 aromatic carbocycles. The number of benzene rings is 2. The Morgan fingerprint density at radius 1 is 0.975 bits per heavy atom. The molecule has 5 heterocycles. The topological polar surface area (TPSA) is 73.2 Å². The Hall–Kier alpha value is -4.65. The molecule has 1 aliphatic carbocycles. The zero-order chi connectivity index (χ0) is 26.9. The maximum absolute atomic E-state index is 14.7. The Balaban J connectivity index is 1.34. The predicted molar refractivity (Wildman–Crippen MR) is 152 cm³/mol. The van der Waals surface area contributed by atoms with Crippen LogP contribution in [0.4, 0.5) is 5.69 Å². The van der Waals surface area contributed by atoms with E-state index in [4.69, 9.17) is 19.2 Å². The largest absolute Gasteiger partial charge is 0.491 e. The minimum absolute atomic E-state index is 0.0247. The van der Waals surface area contributed by atoms with Gasteiger partial charge in [-0.15, -0.1) is 0 Å². The Kier molecular flexibility index (Phi) is 4.90. The number of rotatable bonds is 3. The summed E-state index contributed by atoms with van der Waals surface area (Å²) in [5, 5.41) is 0. The lowest BCUT2D eigenvalue weighted by Gasteiger charge is -2.33. The van der Waals surface area contributed by atoms with E-state index in [0.717, 1.165) is 45.8 Å². The number of nitrogens with zero attached hydrogens (tertiary/aromatic N) is 3. The molecule has 7 nitrogen and oxygen atoms in total. The van der Waals surface area contributed by atoms with Crippen molar-refractivity contribution in [3.8, 4) is 17.2 Å². The first-order valence-corrected chi connectivity index (χ1v) is 13.6.